The first-order chi connectivity index (χ1) is 11.3. The normalized spacial score (nSPS) is 12.4. The van der Waals surface area contributed by atoms with Crippen LogP contribution in [-0.2, 0) is 13.0 Å². The van der Waals surface area contributed by atoms with E-state index in [9.17, 15) is 0 Å². The fraction of sp³-hybridized carbons (Fsp3) is 0.412. The van der Waals surface area contributed by atoms with Crippen molar-refractivity contribution in [2.45, 2.75) is 45.7 Å². The highest BCUT2D eigenvalue weighted by Crippen LogP contribution is 2.18. The Morgan fingerprint density at radius 1 is 1.17 bits per heavy atom. The van der Waals surface area contributed by atoms with Gasteiger partial charge in [-0.1, -0.05) is 13.3 Å². The summed E-state index contributed by atoms with van der Waals surface area (Å²) in [6.45, 7) is 5.24. The Bertz CT molecular complexity index is 717. The summed E-state index contributed by atoms with van der Waals surface area (Å²) in [5, 5.41) is 9.02. The summed E-state index contributed by atoms with van der Waals surface area (Å²) in [4.78, 5) is 8.82. The molecule has 0 aliphatic rings. The highest BCUT2D eigenvalue weighted by molar-refractivity contribution is 5.53. The molecule has 0 saturated carbocycles. The van der Waals surface area contributed by atoms with Crippen molar-refractivity contribution >= 4 is 0 Å². The maximum Gasteiger partial charge on any atom is 0.181 e. The fourth-order valence-corrected chi connectivity index (χ4v) is 2.53. The molecule has 0 aliphatic heterocycles. The number of aromatic nitrogens is 6. The molecular formula is C17H22N6. The Hall–Kier alpha value is -2.50. The molecular weight excluding hydrogens is 288 g/mol. The van der Waals surface area contributed by atoms with Crippen molar-refractivity contribution in [1.29, 1.82) is 0 Å². The van der Waals surface area contributed by atoms with Gasteiger partial charge in [0, 0.05) is 43.3 Å². The van der Waals surface area contributed by atoms with Gasteiger partial charge < -0.3 is 0 Å². The van der Waals surface area contributed by atoms with Crippen LogP contribution >= 0.6 is 0 Å². The molecule has 3 rings (SSSR count). The van der Waals surface area contributed by atoms with Crippen LogP contribution in [0.1, 0.15) is 38.6 Å². The molecule has 6 heteroatoms. The van der Waals surface area contributed by atoms with Crippen LogP contribution in [0.2, 0.25) is 0 Å². The van der Waals surface area contributed by atoms with Gasteiger partial charge in [0.15, 0.2) is 5.82 Å². The van der Waals surface area contributed by atoms with Crippen LogP contribution in [0.3, 0.4) is 0 Å². The maximum atomic E-state index is 4.77. The van der Waals surface area contributed by atoms with E-state index in [0.717, 1.165) is 43.0 Å². The Morgan fingerprint density at radius 3 is 2.70 bits per heavy atom. The van der Waals surface area contributed by atoms with Crippen molar-refractivity contribution in [2.24, 2.45) is 0 Å². The maximum absolute atomic E-state index is 4.77. The van der Waals surface area contributed by atoms with E-state index in [1.54, 1.807) is 18.6 Å². The summed E-state index contributed by atoms with van der Waals surface area (Å²) >= 11 is 0. The summed E-state index contributed by atoms with van der Waals surface area (Å²) in [5.41, 5.74) is 1.00. The number of nitrogens with zero attached hydrogens (tertiary/aromatic N) is 6. The van der Waals surface area contributed by atoms with Gasteiger partial charge in [-0.25, -0.2) is 9.67 Å². The van der Waals surface area contributed by atoms with E-state index in [4.69, 9.17) is 10.1 Å². The van der Waals surface area contributed by atoms with Crippen LogP contribution in [-0.4, -0.2) is 29.5 Å². The van der Waals surface area contributed by atoms with Gasteiger partial charge >= 0.3 is 0 Å². The van der Waals surface area contributed by atoms with Gasteiger partial charge in [-0.3, -0.25) is 9.67 Å². The van der Waals surface area contributed by atoms with E-state index in [-0.39, 0.29) is 6.04 Å². The number of rotatable bonds is 7. The van der Waals surface area contributed by atoms with Crippen LogP contribution in [0.25, 0.3) is 11.4 Å². The summed E-state index contributed by atoms with van der Waals surface area (Å²) in [5.74, 6) is 1.78. The zero-order valence-corrected chi connectivity index (χ0v) is 13.6. The van der Waals surface area contributed by atoms with Crippen molar-refractivity contribution in [3.05, 3.63) is 48.8 Å². The second-order valence-corrected chi connectivity index (χ2v) is 5.70. The minimum atomic E-state index is 0.250. The van der Waals surface area contributed by atoms with Crippen molar-refractivity contribution in [2.75, 3.05) is 0 Å². The van der Waals surface area contributed by atoms with E-state index < -0.39 is 0 Å². The zero-order chi connectivity index (χ0) is 16.1. The smallest absolute Gasteiger partial charge is 0.181 e. The van der Waals surface area contributed by atoms with Crippen molar-refractivity contribution < 1.29 is 0 Å². The van der Waals surface area contributed by atoms with Gasteiger partial charge in [-0.2, -0.15) is 10.2 Å². The van der Waals surface area contributed by atoms with E-state index in [2.05, 4.69) is 23.9 Å². The molecule has 0 fully saturated rings. The van der Waals surface area contributed by atoms with E-state index in [1.807, 2.05) is 33.8 Å². The van der Waals surface area contributed by atoms with Crippen molar-refractivity contribution in [3.8, 4) is 11.4 Å². The fourth-order valence-electron chi connectivity index (χ4n) is 2.53. The molecule has 0 saturated heterocycles. The lowest BCUT2D eigenvalue weighted by molar-refractivity contribution is 0.454. The molecule has 0 bridgehead atoms. The molecule has 1 unspecified atom stereocenters. The monoisotopic (exact) mass is 310 g/mol. The van der Waals surface area contributed by atoms with Crippen LogP contribution in [0.5, 0.6) is 0 Å². The third-order valence-corrected chi connectivity index (χ3v) is 3.86. The molecule has 3 aromatic rings. The van der Waals surface area contributed by atoms with E-state index >= 15 is 0 Å². The van der Waals surface area contributed by atoms with Crippen molar-refractivity contribution in [1.82, 2.24) is 29.5 Å². The van der Waals surface area contributed by atoms with E-state index in [0.29, 0.717) is 0 Å². The second-order valence-electron chi connectivity index (χ2n) is 5.70. The molecule has 0 aromatic carbocycles. The summed E-state index contributed by atoms with van der Waals surface area (Å²) < 4.78 is 4.00. The molecule has 0 aliphatic carbocycles. The van der Waals surface area contributed by atoms with Gasteiger partial charge in [0.1, 0.15) is 5.82 Å². The highest BCUT2D eigenvalue weighted by Gasteiger charge is 2.15. The van der Waals surface area contributed by atoms with Gasteiger partial charge in [-0.05, 0) is 31.5 Å². The predicted molar refractivity (Wildman–Crippen MR) is 88.8 cm³/mol. The van der Waals surface area contributed by atoms with Gasteiger partial charge in [-0.15, -0.1) is 0 Å². The Balaban J connectivity index is 1.86. The molecule has 3 aromatic heterocycles. The minimum Gasteiger partial charge on any atom is -0.270 e. The zero-order valence-electron chi connectivity index (χ0n) is 13.6. The number of hydrogen-bond acceptors (Lipinski definition) is 4. The number of aryl methyl sites for hydroxylation is 1. The molecule has 3 heterocycles. The van der Waals surface area contributed by atoms with Gasteiger partial charge in [0.25, 0.3) is 0 Å². The minimum absolute atomic E-state index is 0.250. The molecule has 0 amide bonds. The lowest BCUT2D eigenvalue weighted by Crippen LogP contribution is -2.13. The average Bonchev–Trinajstić information content (AvgIpc) is 3.24. The Labute approximate surface area is 136 Å². The van der Waals surface area contributed by atoms with Crippen molar-refractivity contribution in [3.63, 3.8) is 0 Å². The van der Waals surface area contributed by atoms with Crippen LogP contribution in [0.15, 0.2) is 43.0 Å². The van der Waals surface area contributed by atoms with Gasteiger partial charge in [0.2, 0.25) is 0 Å². The molecule has 1 atom stereocenters. The lowest BCUT2D eigenvalue weighted by atomic mass is 10.2. The lowest BCUT2D eigenvalue weighted by Gasteiger charge is -2.12. The molecule has 0 radical (unpaired) electrons. The van der Waals surface area contributed by atoms with Gasteiger partial charge in [0.05, 0.1) is 6.04 Å². The summed E-state index contributed by atoms with van der Waals surface area (Å²) in [6.07, 6.45) is 10.4. The third-order valence-electron chi connectivity index (χ3n) is 3.86. The van der Waals surface area contributed by atoms with Crippen LogP contribution < -0.4 is 0 Å². The Morgan fingerprint density at radius 2 is 2.00 bits per heavy atom. The first kappa shape index (κ1) is 15.4. The quantitative estimate of drug-likeness (QED) is 0.672. The molecule has 23 heavy (non-hydrogen) atoms. The summed E-state index contributed by atoms with van der Waals surface area (Å²) in [6, 6.07) is 6.08. The van der Waals surface area contributed by atoms with Crippen LogP contribution in [0, 0.1) is 0 Å². The molecule has 0 spiro atoms. The second kappa shape index (κ2) is 7.17. The number of pyridine rings is 1. The predicted octanol–water partition coefficient (Wildman–Crippen LogP) is 3.14. The molecule has 0 N–H and O–H groups in total. The molecule has 6 nitrogen and oxygen atoms in total. The molecule has 120 valence electrons. The first-order valence-electron chi connectivity index (χ1n) is 8.11. The summed E-state index contributed by atoms with van der Waals surface area (Å²) in [7, 11) is 0. The number of hydrogen-bond donors (Lipinski definition) is 0. The largest absolute Gasteiger partial charge is 0.270 e. The topological polar surface area (TPSA) is 61.4 Å². The first-order valence-corrected chi connectivity index (χ1v) is 8.11. The van der Waals surface area contributed by atoms with Crippen LogP contribution in [0.4, 0.5) is 0 Å². The van der Waals surface area contributed by atoms with E-state index in [1.165, 1.54) is 0 Å². The third kappa shape index (κ3) is 3.64. The Kier molecular flexibility index (Phi) is 4.80. The SMILES string of the molecule is CCCCn1nc(-c2ccncc2)nc1CC(C)n1cccn1. The highest BCUT2D eigenvalue weighted by atomic mass is 15.4. The number of unbranched alkanes of at least 4 members (excludes halogenated alkanes) is 1. The standard InChI is InChI=1S/C17H22N6/c1-3-4-11-23-16(13-14(2)22-12-5-8-19-22)20-17(21-23)15-6-9-18-10-7-15/h5-10,12,14H,3-4,11,13H2,1-2H3. The average molecular weight is 310 g/mol.